The lowest BCUT2D eigenvalue weighted by Crippen LogP contribution is -2.50. The molecule has 0 amide bonds. The molecular weight excluding hydrogens is 208 g/mol. The fourth-order valence-corrected chi connectivity index (χ4v) is 4.84. The smallest absolute Gasteiger partial charge is 0.0244 e. The molecule has 2 bridgehead atoms. The number of likely N-dealkylation sites (tertiary alicyclic amines) is 1. The Morgan fingerprint density at radius 2 is 2.06 bits per heavy atom. The van der Waals surface area contributed by atoms with Crippen LogP contribution in [0.2, 0.25) is 0 Å². The van der Waals surface area contributed by atoms with Crippen molar-refractivity contribution in [2.24, 2.45) is 29.4 Å². The molecule has 3 fully saturated rings. The van der Waals surface area contributed by atoms with Crippen LogP contribution in [0.25, 0.3) is 0 Å². The van der Waals surface area contributed by atoms with Gasteiger partial charge in [-0.05, 0) is 62.3 Å². The molecule has 2 heteroatoms. The van der Waals surface area contributed by atoms with Gasteiger partial charge in [-0.25, -0.2) is 0 Å². The van der Waals surface area contributed by atoms with Crippen molar-refractivity contribution < 1.29 is 0 Å². The molecule has 0 aromatic rings. The van der Waals surface area contributed by atoms with Gasteiger partial charge in [-0.15, -0.1) is 0 Å². The number of nitrogens with zero attached hydrogens (tertiary/aromatic N) is 1. The SMILES string of the molecule is CC1CCCN(CC2CC3CCC2C3)C1CN. The first-order valence-electron chi connectivity index (χ1n) is 7.72. The minimum absolute atomic E-state index is 0.669. The Balaban J connectivity index is 1.60. The first-order valence-corrected chi connectivity index (χ1v) is 7.72. The summed E-state index contributed by atoms with van der Waals surface area (Å²) < 4.78 is 0. The van der Waals surface area contributed by atoms with Crippen molar-refractivity contribution in [2.75, 3.05) is 19.6 Å². The van der Waals surface area contributed by atoms with Gasteiger partial charge in [0.1, 0.15) is 0 Å². The number of piperidine rings is 1. The highest BCUT2D eigenvalue weighted by Crippen LogP contribution is 2.48. The highest BCUT2D eigenvalue weighted by molar-refractivity contribution is 4.93. The molecule has 0 spiro atoms. The Morgan fingerprint density at radius 3 is 2.71 bits per heavy atom. The van der Waals surface area contributed by atoms with Gasteiger partial charge in [-0.2, -0.15) is 0 Å². The van der Waals surface area contributed by atoms with Crippen LogP contribution < -0.4 is 5.73 Å². The van der Waals surface area contributed by atoms with Crippen LogP contribution in [0.15, 0.2) is 0 Å². The molecule has 3 aliphatic rings. The van der Waals surface area contributed by atoms with Crippen LogP contribution in [0, 0.1) is 23.7 Å². The Bertz CT molecular complexity index is 266. The normalized spacial score (nSPS) is 46.6. The summed E-state index contributed by atoms with van der Waals surface area (Å²) in [5.74, 6) is 3.97. The average molecular weight is 236 g/mol. The van der Waals surface area contributed by atoms with E-state index in [0.717, 1.165) is 30.2 Å². The molecule has 2 aliphatic carbocycles. The minimum atomic E-state index is 0.669. The second kappa shape index (κ2) is 4.89. The van der Waals surface area contributed by atoms with E-state index in [0.29, 0.717) is 6.04 Å². The van der Waals surface area contributed by atoms with Crippen LogP contribution in [0.5, 0.6) is 0 Å². The maximum Gasteiger partial charge on any atom is 0.0244 e. The summed E-state index contributed by atoms with van der Waals surface area (Å²) >= 11 is 0. The zero-order valence-electron chi connectivity index (χ0n) is 11.3. The van der Waals surface area contributed by atoms with E-state index in [1.807, 2.05) is 0 Å². The Labute approximate surface area is 106 Å². The predicted molar refractivity (Wildman–Crippen MR) is 71.8 cm³/mol. The van der Waals surface area contributed by atoms with E-state index in [-0.39, 0.29) is 0 Å². The van der Waals surface area contributed by atoms with Crippen molar-refractivity contribution in [3.8, 4) is 0 Å². The molecule has 0 aromatic carbocycles. The maximum absolute atomic E-state index is 5.99. The first kappa shape index (κ1) is 12.0. The second-order valence-electron chi connectivity index (χ2n) is 6.85. The fourth-order valence-electron chi connectivity index (χ4n) is 4.84. The summed E-state index contributed by atoms with van der Waals surface area (Å²) in [6, 6.07) is 0.669. The standard InChI is InChI=1S/C15H28N2/c1-11-3-2-6-17(15(11)9-16)10-14-8-12-4-5-13(14)7-12/h11-15H,2-10,16H2,1H3. The number of fused-ring (bicyclic) bond motifs is 2. The Kier molecular flexibility index (Phi) is 3.45. The van der Waals surface area contributed by atoms with E-state index in [9.17, 15) is 0 Å². The van der Waals surface area contributed by atoms with Gasteiger partial charge < -0.3 is 5.73 Å². The minimum Gasteiger partial charge on any atom is -0.329 e. The zero-order chi connectivity index (χ0) is 11.8. The predicted octanol–water partition coefficient (Wildman–Crippen LogP) is 2.48. The van der Waals surface area contributed by atoms with E-state index in [4.69, 9.17) is 5.73 Å². The van der Waals surface area contributed by atoms with E-state index < -0.39 is 0 Å². The molecule has 1 aliphatic heterocycles. The van der Waals surface area contributed by atoms with Gasteiger partial charge in [-0.1, -0.05) is 13.3 Å². The summed E-state index contributed by atoms with van der Waals surface area (Å²) in [6.45, 7) is 5.92. The summed E-state index contributed by atoms with van der Waals surface area (Å²) in [7, 11) is 0. The monoisotopic (exact) mass is 236 g/mol. The molecule has 0 radical (unpaired) electrons. The van der Waals surface area contributed by atoms with Crippen LogP contribution in [-0.2, 0) is 0 Å². The van der Waals surface area contributed by atoms with Gasteiger partial charge in [0.2, 0.25) is 0 Å². The number of nitrogens with two attached hydrogens (primary N) is 1. The second-order valence-corrected chi connectivity index (χ2v) is 6.85. The highest BCUT2D eigenvalue weighted by atomic mass is 15.2. The van der Waals surface area contributed by atoms with Crippen LogP contribution in [0.3, 0.4) is 0 Å². The van der Waals surface area contributed by atoms with E-state index >= 15 is 0 Å². The van der Waals surface area contributed by atoms with Gasteiger partial charge in [0.15, 0.2) is 0 Å². The van der Waals surface area contributed by atoms with Crippen LogP contribution in [0.4, 0.5) is 0 Å². The number of hydrogen-bond acceptors (Lipinski definition) is 2. The molecule has 0 aromatic heterocycles. The third kappa shape index (κ3) is 2.26. The van der Waals surface area contributed by atoms with Gasteiger partial charge in [0.25, 0.3) is 0 Å². The number of hydrogen-bond donors (Lipinski definition) is 1. The summed E-state index contributed by atoms with van der Waals surface area (Å²) in [5, 5.41) is 0. The average Bonchev–Trinajstić information content (AvgIpc) is 2.91. The fraction of sp³-hybridized carbons (Fsp3) is 1.00. The van der Waals surface area contributed by atoms with Gasteiger partial charge in [-0.3, -0.25) is 4.90 Å². The largest absolute Gasteiger partial charge is 0.329 e. The molecule has 3 rings (SSSR count). The van der Waals surface area contributed by atoms with E-state index in [2.05, 4.69) is 11.8 Å². The molecule has 98 valence electrons. The lowest BCUT2D eigenvalue weighted by molar-refractivity contribution is 0.0766. The Morgan fingerprint density at radius 1 is 1.18 bits per heavy atom. The molecule has 5 atom stereocenters. The zero-order valence-corrected chi connectivity index (χ0v) is 11.3. The van der Waals surface area contributed by atoms with E-state index in [1.165, 1.54) is 45.2 Å². The molecule has 2 N–H and O–H groups in total. The number of rotatable bonds is 3. The molecule has 17 heavy (non-hydrogen) atoms. The topological polar surface area (TPSA) is 29.3 Å². The molecule has 1 heterocycles. The molecule has 5 unspecified atom stereocenters. The van der Waals surface area contributed by atoms with Crippen molar-refractivity contribution in [3.63, 3.8) is 0 Å². The summed E-state index contributed by atoms with van der Waals surface area (Å²) in [6.07, 6.45) is 8.88. The molecular formula is C15H28N2. The van der Waals surface area contributed by atoms with E-state index in [1.54, 1.807) is 6.42 Å². The van der Waals surface area contributed by atoms with Gasteiger partial charge >= 0.3 is 0 Å². The lowest BCUT2D eigenvalue weighted by atomic mass is 9.85. The van der Waals surface area contributed by atoms with Crippen LogP contribution in [0.1, 0.15) is 45.4 Å². The third-order valence-electron chi connectivity index (χ3n) is 5.83. The van der Waals surface area contributed by atoms with Crippen molar-refractivity contribution in [1.29, 1.82) is 0 Å². The van der Waals surface area contributed by atoms with Crippen molar-refractivity contribution in [1.82, 2.24) is 4.90 Å². The lowest BCUT2D eigenvalue weighted by Gasteiger charge is -2.41. The van der Waals surface area contributed by atoms with Crippen molar-refractivity contribution in [3.05, 3.63) is 0 Å². The Hall–Kier alpha value is -0.0800. The maximum atomic E-state index is 5.99. The first-order chi connectivity index (χ1) is 8.28. The summed E-state index contributed by atoms with van der Waals surface area (Å²) in [4.78, 5) is 2.74. The van der Waals surface area contributed by atoms with Gasteiger partial charge in [0.05, 0.1) is 0 Å². The van der Waals surface area contributed by atoms with Gasteiger partial charge in [0, 0.05) is 19.1 Å². The third-order valence-corrected chi connectivity index (χ3v) is 5.83. The molecule has 1 saturated heterocycles. The van der Waals surface area contributed by atoms with Crippen LogP contribution >= 0.6 is 0 Å². The summed E-state index contributed by atoms with van der Waals surface area (Å²) in [5.41, 5.74) is 5.99. The quantitative estimate of drug-likeness (QED) is 0.815. The molecule has 2 nitrogen and oxygen atoms in total. The van der Waals surface area contributed by atoms with Crippen molar-refractivity contribution >= 4 is 0 Å². The van der Waals surface area contributed by atoms with Crippen molar-refractivity contribution in [2.45, 2.75) is 51.5 Å². The molecule has 2 saturated carbocycles. The van der Waals surface area contributed by atoms with Crippen LogP contribution in [-0.4, -0.2) is 30.6 Å². The highest BCUT2D eigenvalue weighted by Gasteiger charge is 2.41.